The van der Waals surface area contributed by atoms with Crippen LogP contribution in [0, 0.1) is 17.2 Å². The van der Waals surface area contributed by atoms with E-state index < -0.39 is 0 Å². The molecule has 0 amide bonds. The predicted molar refractivity (Wildman–Crippen MR) is 44.0 cm³/mol. The topological polar surface area (TPSA) is 54.5 Å². The van der Waals surface area contributed by atoms with Crippen LogP contribution in [-0.2, 0) is 6.54 Å². The highest BCUT2D eigenvalue weighted by atomic mass is 15.4. The maximum Gasteiger partial charge on any atom is 0.0692 e. The molecule has 1 aromatic heterocycles. The molecule has 1 rings (SSSR count). The second-order valence-electron chi connectivity index (χ2n) is 2.74. The number of hydrogen-bond acceptors (Lipinski definition) is 3. The van der Waals surface area contributed by atoms with Crippen molar-refractivity contribution in [2.75, 3.05) is 0 Å². The fraction of sp³-hybridized carbons (Fsp3) is 0.625. The highest BCUT2D eigenvalue weighted by molar-refractivity contribution is 4.82. The molecule has 4 nitrogen and oxygen atoms in total. The van der Waals surface area contributed by atoms with Crippen molar-refractivity contribution in [3.05, 3.63) is 12.4 Å². The standard InChI is InChI=1S/C8H12N4/c1-2-3-8(6-9)7-12-5-4-10-11-12/h4-5,8H,2-3,7H2,1H3. The average Bonchev–Trinajstić information content (AvgIpc) is 2.56. The van der Waals surface area contributed by atoms with Crippen LogP contribution in [0.5, 0.6) is 0 Å². The van der Waals surface area contributed by atoms with Crippen LogP contribution in [0.2, 0.25) is 0 Å². The molecule has 12 heavy (non-hydrogen) atoms. The molecular formula is C8H12N4. The minimum atomic E-state index is 0.0664. The minimum absolute atomic E-state index is 0.0664. The summed E-state index contributed by atoms with van der Waals surface area (Å²) in [5, 5.41) is 16.2. The molecule has 0 saturated carbocycles. The maximum atomic E-state index is 8.74. The van der Waals surface area contributed by atoms with Gasteiger partial charge in [0.15, 0.2) is 0 Å². The largest absolute Gasteiger partial charge is 0.251 e. The van der Waals surface area contributed by atoms with E-state index in [9.17, 15) is 0 Å². The van der Waals surface area contributed by atoms with E-state index in [2.05, 4.69) is 23.3 Å². The highest BCUT2D eigenvalue weighted by Gasteiger charge is 2.06. The molecule has 1 atom stereocenters. The Kier molecular flexibility index (Phi) is 3.27. The summed E-state index contributed by atoms with van der Waals surface area (Å²) in [4.78, 5) is 0. The van der Waals surface area contributed by atoms with Gasteiger partial charge >= 0.3 is 0 Å². The number of hydrogen-bond donors (Lipinski definition) is 0. The van der Waals surface area contributed by atoms with E-state index in [1.807, 2.05) is 0 Å². The fourth-order valence-electron chi connectivity index (χ4n) is 1.10. The van der Waals surface area contributed by atoms with Gasteiger partial charge in [0.1, 0.15) is 0 Å². The number of nitrogens with zero attached hydrogens (tertiary/aromatic N) is 4. The SMILES string of the molecule is CCCC(C#N)Cn1ccnn1. The Morgan fingerprint density at radius 1 is 1.67 bits per heavy atom. The molecule has 0 fully saturated rings. The first kappa shape index (κ1) is 8.72. The molecule has 1 unspecified atom stereocenters. The Labute approximate surface area is 71.8 Å². The Morgan fingerprint density at radius 2 is 2.50 bits per heavy atom. The van der Waals surface area contributed by atoms with E-state index >= 15 is 0 Å². The van der Waals surface area contributed by atoms with Crippen LogP contribution in [0.1, 0.15) is 19.8 Å². The summed E-state index contributed by atoms with van der Waals surface area (Å²) in [5.41, 5.74) is 0. The van der Waals surface area contributed by atoms with Gasteiger partial charge in [-0.2, -0.15) is 5.26 Å². The Balaban J connectivity index is 2.44. The summed E-state index contributed by atoms with van der Waals surface area (Å²) in [6.45, 7) is 2.73. The number of rotatable bonds is 4. The van der Waals surface area contributed by atoms with Gasteiger partial charge in [-0.05, 0) is 6.42 Å². The van der Waals surface area contributed by atoms with Crippen molar-refractivity contribution >= 4 is 0 Å². The van der Waals surface area contributed by atoms with E-state index in [0.29, 0.717) is 6.54 Å². The van der Waals surface area contributed by atoms with Crippen LogP contribution < -0.4 is 0 Å². The van der Waals surface area contributed by atoms with Crippen molar-refractivity contribution < 1.29 is 0 Å². The van der Waals surface area contributed by atoms with Crippen LogP contribution in [-0.4, -0.2) is 15.0 Å². The van der Waals surface area contributed by atoms with Gasteiger partial charge in [-0.3, -0.25) is 4.68 Å². The third-order valence-corrected chi connectivity index (χ3v) is 1.70. The van der Waals surface area contributed by atoms with Crippen molar-refractivity contribution in [2.45, 2.75) is 26.3 Å². The first-order valence-electron chi connectivity index (χ1n) is 4.10. The maximum absolute atomic E-state index is 8.74. The van der Waals surface area contributed by atoms with Gasteiger partial charge in [0.05, 0.1) is 24.7 Å². The molecule has 64 valence electrons. The molecule has 4 heteroatoms. The third-order valence-electron chi connectivity index (χ3n) is 1.70. The van der Waals surface area contributed by atoms with Crippen molar-refractivity contribution in [1.82, 2.24) is 15.0 Å². The lowest BCUT2D eigenvalue weighted by molar-refractivity contribution is 0.458. The van der Waals surface area contributed by atoms with Crippen molar-refractivity contribution in [3.63, 3.8) is 0 Å². The predicted octanol–water partition coefficient (Wildman–Crippen LogP) is 1.22. The van der Waals surface area contributed by atoms with Gasteiger partial charge in [-0.1, -0.05) is 18.6 Å². The molecule has 0 aromatic carbocycles. The highest BCUT2D eigenvalue weighted by Crippen LogP contribution is 2.06. The smallest absolute Gasteiger partial charge is 0.0692 e. The molecule has 0 saturated heterocycles. The van der Waals surface area contributed by atoms with Crippen molar-refractivity contribution in [1.29, 1.82) is 5.26 Å². The Hall–Kier alpha value is -1.37. The van der Waals surface area contributed by atoms with Crippen LogP contribution in [0.3, 0.4) is 0 Å². The van der Waals surface area contributed by atoms with Crippen LogP contribution in [0.25, 0.3) is 0 Å². The lowest BCUT2D eigenvalue weighted by atomic mass is 10.1. The molecule has 0 aliphatic heterocycles. The van der Waals surface area contributed by atoms with Crippen LogP contribution >= 0.6 is 0 Å². The van der Waals surface area contributed by atoms with Crippen molar-refractivity contribution in [3.8, 4) is 6.07 Å². The molecular weight excluding hydrogens is 152 g/mol. The zero-order valence-electron chi connectivity index (χ0n) is 7.14. The van der Waals surface area contributed by atoms with E-state index in [4.69, 9.17) is 5.26 Å². The molecule has 1 aromatic rings. The van der Waals surface area contributed by atoms with Gasteiger partial charge in [0.2, 0.25) is 0 Å². The summed E-state index contributed by atoms with van der Waals surface area (Å²) in [5.74, 6) is 0.0664. The second kappa shape index (κ2) is 4.50. The fourth-order valence-corrected chi connectivity index (χ4v) is 1.10. The molecule has 0 spiro atoms. The summed E-state index contributed by atoms with van der Waals surface area (Å²) in [6, 6.07) is 2.25. The van der Waals surface area contributed by atoms with Gasteiger partial charge in [-0.25, -0.2) is 0 Å². The first-order valence-corrected chi connectivity index (χ1v) is 4.10. The van der Waals surface area contributed by atoms with Gasteiger partial charge in [-0.15, -0.1) is 5.10 Å². The third kappa shape index (κ3) is 2.35. The van der Waals surface area contributed by atoms with Gasteiger partial charge in [0.25, 0.3) is 0 Å². The van der Waals surface area contributed by atoms with E-state index in [0.717, 1.165) is 12.8 Å². The molecule has 0 aliphatic carbocycles. The summed E-state index contributed by atoms with van der Waals surface area (Å²) in [6.07, 6.45) is 5.36. The lowest BCUT2D eigenvalue weighted by Gasteiger charge is -2.05. The zero-order valence-corrected chi connectivity index (χ0v) is 7.14. The molecule has 0 N–H and O–H groups in total. The van der Waals surface area contributed by atoms with E-state index in [1.165, 1.54) is 0 Å². The summed E-state index contributed by atoms with van der Waals surface area (Å²) >= 11 is 0. The summed E-state index contributed by atoms with van der Waals surface area (Å²) < 4.78 is 1.70. The van der Waals surface area contributed by atoms with E-state index in [1.54, 1.807) is 17.1 Å². The lowest BCUT2D eigenvalue weighted by Crippen LogP contribution is -2.09. The Bertz CT molecular complexity index is 247. The molecule has 0 bridgehead atoms. The van der Waals surface area contributed by atoms with Crippen molar-refractivity contribution in [2.24, 2.45) is 5.92 Å². The van der Waals surface area contributed by atoms with Gasteiger partial charge < -0.3 is 0 Å². The van der Waals surface area contributed by atoms with Crippen LogP contribution in [0.15, 0.2) is 12.4 Å². The minimum Gasteiger partial charge on any atom is -0.251 e. The Morgan fingerprint density at radius 3 is 3.00 bits per heavy atom. The normalized spacial score (nSPS) is 12.3. The zero-order chi connectivity index (χ0) is 8.81. The van der Waals surface area contributed by atoms with E-state index in [-0.39, 0.29) is 5.92 Å². The molecule has 0 aliphatic rings. The average molecular weight is 164 g/mol. The quantitative estimate of drug-likeness (QED) is 0.672. The van der Waals surface area contributed by atoms with Gasteiger partial charge in [0, 0.05) is 6.20 Å². The van der Waals surface area contributed by atoms with Crippen LogP contribution in [0.4, 0.5) is 0 Å². The first-order chi connectivity index (χ1) is 5.86. The molecule has 1 heterocycles. The number of aromatic nitrogens is 3. The monoisotopic (exact) mass is 164 g/mol. The molecule has 0 radical (unpaired) electrons. The second-order valence-corrected chi connectivity index (χ2v) is 2.74. The summed E-state index contributed by atoms with van der Waals surface area (Å²) in [7, 11) is 0. The number of nitriles is 1.